The smallest absolute Gasteiger partial charge is 0.277 e. The van der Waals surface area contributed by atoms with Crippen molar-refractivity contribution in [1.29, 1.82) is 0 Å². The summed E-state index contributed by atoms with van der Waals surface area (Å²) in [6.07, 6.45) is 0. The number of alkyl halides is 2. The highest BCUT2D eigenvalue weighted by Crippen LogP contribution is 2.20. The molecule has 0 atom stereocenters. The van der Waals surface area contributed by atoms with Crippen molar-refractivity contribution in [3.05, 3.63) is 34.3 Å². The number of nitrogens with one attached hydrogen (secondary N) is 1. The van der Waals surface area contributed by atoms with Crippen molar-refractivity contribution < 1.29 is 13.6 Å². The Labute approximate surface area is 103 Å². The fourth-order valence-electron chi connectivity index (χ4n) is 1.20. The summed E-state index contributed by atoms with van der Waals surface area (Å²) in [6, 6.07) is 4.84. The number of rotatable bonds is 4. The molecule has 0 aliphatic heterocycles. The third kappa shape index (κ3) is 3.64. The molecule has 0 saturated carbocycles. The molecule has 0 unspecified atom stereocenters. The first-order chi connectivity index (χ1) is 7.87. The molecule has 0 fully saturated rings. The Hall–Kier alpha value is -1.20. The maximum atomic E-state index is 12.8. The fraction of sp³-hybridized carbons (Fsp3) is 0.364. The van der Waals surface area contributed by atoms with E-state index in [-0.39, 0.29) is 10.6 Å². The van der Waals surface area contributed by atoms with E-state index in [1.54, 1.807) is 19.1 Å². The molecule has 1 amide bonds. The Morgan fingerprint density at radius 3 is 2.76 bits per heavy atom. The van der Waals surface area contributed by atoms with Gasteiger partial charge in [-0.3, -0.25) is 4.79 Å². The molecular formula is C11H13ClF2N2O. The molecular weight excluding hydrogens is 250 g/mol. The van der Waals surface area contributed by atoms with Gasteiger partial charge in [-0.15, -0.1) is 0 Å². The number of amides is 1. The summed E-state index contributed by atoms with van der Waals surface area (Å²) in [7, 11) is 0. The molecule has 0 spiro atoms. The van der Waals surface area contributed by atoms with E-state index >= 15 is 0 Å². The van der Waals surface area contributed by atoms with E-state index in [1.807, 2.05) is 0 Å². The zero-order chi connectivity index (χ0) is 13.1. The van der Waals surface area contributed by atoms with Crippen LogP contribution < -0.4 is 11.1 Å². The largest absolute Gasteiger partial charge is 0.346 e. The van der Waals surface area contributed by atoms with Gasteiger partial charge in [0.1, 0.15) is 0 Å². The highest BCUT2D eigenvalue weighted by Gasteiger charge is 2.27. The average molecular weight is 263 g/mol. The Kier molecular flexibility index (Phi) is 4.42. The fourth-order valence-corrected chi connectivity index (χ4v) is 1.41. The van der Waals surface area contributed by atoms with E-state index in [2.05, 4.69) is 5.32 Å². The van der Waals surface area contributed by atoms with Gasteiger partial charge in [-0.05, 0) is 18.6 Å². The first-order valence-corrected chi connectivity index (χ1v) is 5.36. The number of hydrogen-bond donors (Lipinski definition) is 2. The highest BCUT2D eigenvalue weighted by atomic mass is 35.5. The van der Waals surface area contributed by atoms with Crippen molar-refractivity contribution in [2.45, 2.75) is 12.8 Å². The molecule has 0 aromatic heterocycles. The number of halogens is 3. The number of nitrogens with two attached hydrogens (primary N) is 1. The molecule has 6 heteroatoms. The number of carbonyl (C=O) groups is 1. The average Bonchev–Trinajstić information content (AvgIpc) is 2.30. The maximum absolute atomic E-state index is 12.8. The first kappa shape index (κ1) is 13.9. The molecule has 0 bridgehead atoms. The molecule has 1 aromatic carbocycles. The normalized spacial score (nSPS) is 11.4. The van der Waals surface area contributed by atoms with Crippen LogP contribution >= 0.6 is 11.6 Å². The zero-order valence-electron chi connectivity index (χ0n) is 9.27. The summed E-state index contributed by atoms with van der Waals surface area (Å²) in [4.78, 5) is 11.6. The molecule has 0 aliphatic rings. The SMILES string of the molecule is Cc1cccc(C(=O)NCC(F)(F)CN)c1Cl. The molecule has 3 nitrogen and oxygen atoms in total. The van der Waals surface area contributed by atoms with Crippen LogP contribution in [0.1, 0.15) is 15.9 Å². The molecule has 94 valence electrons. The standard InChI is InChI=1S/C11H13ClF2N2O/c1-7-3-2-4-8(9(7)12)10(17)16-6-11(13,14)5-15/h2-4H,5-6,15H2,1H3,(H,16,17). The van der Waals surface area contributed by atoms with E-state index in [4.69, 9.17) is 17.3 Å². The molecule has 1 rings (SSSR count). The summed E-state index contributed by atoms with van der Waals surface area (Å²) < 4.78 is 25.7. The van der Waals surface area contributed by atoms with Crippen LogP contribution in [-0.4, -0.2) is 24.9 Å². The van der Waals surface area contributed by atoms with E-state index in [0.717, 1.165) is 0 Å². The summed E-state index contributed by atoms with van der Waals surface area (Å²) in [6.45, 7) is 0.120. The maximum Gasteiger partial charge on any atom is 0.277 e. The van der Waals surface area contributed by atoms with Crippen molar-refractivity contribution in [1.82, 2.24) is 5.32 Å². The Morgan fingerprint density at radius 1 is 1.53 bits per heavy atom. The minimum atomic E-state index is -3.11. The van der Waals surface area contributed by atoms with Crippen molar-refractivity contribution >= 4 is 17.5 Å². The van der Waals surface area contributed by atoms with Crippen molar-refractivity contribution in [2.75, 3.05) is 13.1 Å². The van der Waals surface area contributed by atoms with Gasteiger partial charge in [0.2, 0.25) is 0 Å². The second kappa shape index (κ2) is 5.42. The third-order valence-electron chi connectivity index (χ3n) is 2.24. The summed E-state index contributed by atoms with van der Waals surface area (Å²) in [5.74, 6) is -3.74. The van der Waals surface area contributed by atoms with Gasteiger partial charge in [0.05, 0.1) is 23.7 Å². The quantitative estimate of drug-likeness (QED) is 0.872. The number of hydrogen-bond acceptors (Lipinski definition) is 2. The predicted molar refractivity (Wildman–Crippen MR) is 62.5 cm³/mol. The lowest BCUT2D eigenvalue weighted by atomic mass is 10.1. The molecule has 1 aromatic rings. The van der Waals surface area contributed by atoms with Crippen molar-refractivity contribution in [2.24, 2.45) is 5.73 Å². The van der Waals surface area contributed by atoms with E-state index < -0.39 is 24.9 Å². The van der Waals surface area contributed by atoms with E-state index in [1.165, 1.54) is 6.07 Å². The van der Waals surface area contributed by atoms with Crippen LogP contribution in [0.5, 0.6) is 0 Å². The van der Waals surface area contributed by atoms with Crippen LogP contribution in [0.25, 0.3) is 0 Å². The Balaban J connectivity index is 2.74. The summed E-state index contributed by atoms with van der Waals surface area (Å²) >= 11 is 5.90. The van der Waals surface area contributed by atoms with Gasteiger partial charge < -0.3 is 11.1 Å². The van der Waals surface area contributed by atoms with Gasteiger partial charge in [0.15, 0.2) is 0 Å². The third-order valence-corrected chi connectivity index (χ3v) is 2.74. The van der Waals surface area contributed by atoms with Crippen LogP contribution in [0.2, 0.25) is 5.02 Å². The van der Waals surface area contributed by atoms with Crippen molar-refractivity contribution in [3.8, 4) is 0 Å². The summed E-state index contributed by atoms with van der Waals surface area (Å²) in [5, 5.41) is 2.37. The van der Waals surface area contributed by atoms with Crippen LogP contribution in [0.4, 0.5) is 8.78 Å². The van der Waals surface area contributed by atoms with E-state index in [9.17, 15) is 13.6 Å². The lowest BCUT2D eigenvalue weighted by Crippen LogP contribution is -2.41. The van der Waals surface area contributed by atoms with Crippen LogP contribution in [0.3, 0.4) is 0 Å². The lowest BCUT2D eigenvalue weighted by Gasteiger charge is -2.15. The molecule has 3 N–H and O–H groups in total. The number of benzene rings is 1. The monoisotopic (exact) mass is 262 g/mol. The van der Waals surface area contributed by atoms with Crippen LogP contribution in [0, 0.1) is 6.92 Å². The minimum absolute atomic E-state index is 0.180. The minimum Gasteiger partial charge on any atom is -0.346 e. The van der Waals surface area contributed by atoms with Crippen molar-refractivity contribution in [3.63, 3.8) is 0 Å². The zero-order valence-corrected chi connectivity index (χ0v) is 10.0. The van der Waals surface area contributed by atoms with Crippen LogP contribution in [-0.2, 0) is 0 Å². The van der Waals surface area contributed by atoms with Gasteiger partial charge in [0.25, 0.3) is 11.8 Å². The van der Waals surface area contributed by atoms with Gasteiger partial charge in [-0.25, -0.2) is 8.78 Å². The molecule has 17 heavy (non-hydrogen) atoms. The summed E-state index contributed by atoms with van der Waals surface area (Å²) in [5.41, 5.74) is 5.75. The van der Waals surface area contributed by atoms with Gasteiger partial charge in [0, 0.05) is 0 Å². The predicted octanol–water partition coefficient (Wildman–Crippen LogP) is 1.97. The molecule has 0 heterocycles. The Morgan fingerprint density at radius 2 is 2.18 bits per heavy atom. The number of aryl methyl sites for hydroxylation is 1. The Bertz CT molecular complexity index is 424. The second-order valence-electron chi connectivity index (χ2n) is 3.68. The topological polar surface area (TPSA) is 55.1 Å². The molecule has 0 saturated heterocycles. The number of carbonyl (C=O) groups excluding carboxylic acids is 1. The highest BCUT2D eigenvalue weighted by molar-refractivity contribution is 6.34. The van der Waals surface area contributed by atoms with Gasteiger partial charge >= 0.3 is 0 Å². The van der Waals surface area contributed by atoms with Gasteiger partial charge in [-0.1, -0.05) is 23.7 Å². The second-order valence-corrected chi connectivity index (χ2v) is 4.06. The lowest BCUT2D eigenvalue weighted by molar-refractivity contribution is 0.0118. The van der Waals surface area contributed by atoms with E-state index in [0.29, 0.717) is 5.56 Å². The molecule has 0 aliphatic carbocycles. The van der Waals surface area contributed by atoms with Crippen LogP contribution in [0.15, 0.2) is 18.2 Å². The molecule has 0 radical (unpaired) electrons. The first-order valence-electron chi connectivity index (χ1n) is 4.98. The van der Waals surface area contributed by atoms with Gasteiger partial charge in [-0.2, -0.15) is 0 Å².